The number of carbonyl (C=O) groups is 4. The molecule has 4 aromatic rings. The van der Waals surface area contributed by atoms with E-state index in [1.165, 1.54) is 42.0 Å². The Kier molecular flexibility index (Phi) is 7.70. The fourth-order valence-corrected chi connectivity index (χ4v) is 3.74. The second kappa shape index (κ2) is 11.3. The van der Waals surface area contributed by atoms with Crippen molar-refractivity contribution in [1.82, 2.24) is 19.9 Å². The number of fused-ring (bicyclic) bond motifs is 1. The second-order valence-electron chi connectivity index (χ2n) is 8.19. The van der Waals surface area contributed by atoms with E-state index in [0.29, 0.717) is 28.5 Å². The molecule has 2 amide bonds. The Labute approximate surface area is 221 Å². The van der Waals surface area contributed by atoms with Gasteiger partial charge in [-0.1, -0.05) is 0 Å². The molecule has 0 aliphatic rings. The lowest BCUT2D eigenvalue weighted by molar-refractivity contribution is -0.145. The monoisotopic (exact) mass is 533 g/mol. The fourth-order valence-electron chi connectivity index (χ4n) is 3.74. The van der Waals surface area contributed by atoms with Gasteiger partial charge in [-0.25, -0.2) is 14.3 Å². The maximum atomic E-state index is 12.9. The molecule has 200 valence electrons. The van der Waals surface area contributed by atoms with Gasteiger partial charge in [0.25, 0.3) is 11.8 Å². The minimum absolute atomic E-state index is 0.0844. The van der Waals surface area contributed by atoms with Gasteiger partial charge >= 0.3 is 11.9 Å². The topological polar surface area (TPSA) is 181 Å². The van der Waals surface area contributed by atoms with Crippen LogP contribution in [0.15, 0.2) is 60.8 Å². The number of nitrogens with one attached hydrogen (secondary N) is 2. The van der Waals surface area contributed by atoms with E-state index in [2.05, 4.69) is 20.7 Å². The number of amides is 2. The summed E-state index contributed by atoms with van der Waals surface area (Å²) in [7, 11) is 3.07. The third-order valence-corrected chi connectivity index (χ3v) is 5.66. The van der Waals surface area contributed by atoms with E-state index in [1.807, 2.05) is 6.07 Å². The van der Waals surface area contributed by atoms with Crippen LogP contribution in [0.2, 0.25) is 0 Å². The molecule has 4 rings (SSSR count). The smallest absolute Gasteiger partial charge is 0.326 e. The van der Waals surface area contributed by atoms with E-state index in [4.69, 9.17) is 19.7 Å². The summed E-state index contributed by atoms with van der Waals surface area (Å²) < 4.78 is 12.2. The highest BCUT2D eigenvalue weighted by Crippen LogP contribution is 2.32. The number of rotatable bonds is 10. The van der Waals surface area contributed by atoms with Crippen molar-refractivity contribution in [3.63, 3.8) is 0 Å². The summed E-state index contributed by atoms with van der Waals surface area (Å²) in [6.45, 7) is 0. The zero-order chi connectivity index (χ0) is 28.1. The molecule has 13 heteroatoms. The molecular formula is C26H23N5O8. The highest BCUT2D eigenvalue weighted by Gasteiger charge is 2.23. The van der Waals surface area contributed by atoms with E-state index < -0.39 is 36.2 Å². The molecule has 0 radical (unpaired) electrons. The molecule has 0 saturated heterocycles. The van der Waals surface area contributed by atoms with Crippen molar-refractivity contribution in [2.45, 2.75) is 12.5 Å². The number of ether oxygens (including phenoxy) is 2. The number of hydrogen-bond donors (Lipinski definition) is 4. The molecule has 0 aliphatic heterocycles. The Balaban J connectivity index is 1.51. The molecule has 0 unspecified atom stereocenters. The predicted molar refractivity (Wildman–Crippen MR) is 137 cm³/mol. The second-order valence-corrected chi connectivity index (χ2v) is 8.19. The standard InChI is InChI=1S/C26H23N5O8/c1-38-20-8-5-15(11-21(20)39-2)19-9-10-27-22-12-17(30-31(19)22)25(35)28-16-6-3-14(4-7-16)24(34)29-18(26(36)37)13-23(32)33/h3-12,18H,13H2,1-2H3,(H,28,35)(H,29,34)(H,32,33)(H,36,37)/t18-/m0/s1. The minimum Gasteiger partial charge on any atom is -0.493 e. The average molecular weight is 533 g/mol. The molecule has 4 N–H and O–H groups in total. The molecule has 0 bridgehead atoms. The summed E-state index contributed by atoms with van der Waals surface area (Å²) in [6.07, 6.45) is 0.830. The predicted octanol–water partition coefficient (Wildman–Crippen LogP) is 2.32. The van der Waals surface area contributed by atoms with Gasteiger partial charge in [0.2, 0.25) is 0 Å². The maximum absolute atomic E-state index is 12.9. The Hall–Kier alpha value is -5.46. The van der Waals surface area contributed by atoms with Crippen molar-refractivity contribution >= 4 is 35.1 Å². The molecular weight excluding hydrogens is 510 g/mol. The van der Waals surface area contributed by atoms with Gasteiger partial charge in [-0.3, -0.25) is 14.4 Å². The van der Waals surface area contributed by atoms with Crippen LogP contribution in [0, 0.1) is 0 Å². The van der Waals surface area contributed by atoms with E-state index >= 15 is 0 Å². The Bertz CT molecular complexity index is 1560. The van der Waals surface area contributed by atoms with Crippen LogP contribution in [-0.4, -0.2) is 68.8 Å². The average Bonchev–Trinajstić information content (AvgIpc) is 3.37. The molecule has 0 saturated carbocycles. The Morgan fingerprint density at radius 1 is 0.923 bits per heavy atom. The summed E-state index contributed by atoms with van der Waals surface area (Å²) in [5.74, 6) is -3.02. The lowest BCUT2D eigenvalue weighted by Crippen LogP contribution is -2.42. The largest absolute Gasteiger partial charge is 0.493 e. The summed E-state index contributed by atoms with van der Waals surface area (Å²) in [6, 6.07) is 12.7. The van der Waals surface area contributed by atoms with Gasteiger partial charge in [0.05, 0.1) is 26.3 Å². The summed E-state index contributed by atoms with van der Waals surface area (Å²) >= 11 is 0. The zero-order valence-electron chi connectivity index (χ0n) is 20.7. The highest BCUT2D eigenvalue weighted by atomic mass is 16.5. The minimum atomic E-state index is -1.58. The molecule has 39 heavy (non-hydrogen) atoms. The molecule has 2 heterocycles. The Morgan fingerprint density at radius 3 is 2.28 bits per heavy atom. The Morgan fingerprint density at radius 2 is 1.64 bits per heavy atom. The fraction of sp³-hybridized carbons (Fsp3) is 0.154. The highest BCUT2D eigenvalue weighted by molar-refractivity contribution is 6.04. The quantitative estimate of drug-likeness (QED) is 0.236. The number of hydrogen-bond acceptors (Lipinski definition) is 8. The van der Waals surface area contributed by atoms with Crippen molar-refractivity contribution in [2.24, 2.45) is 0 Å². The van der Waals surface area contributed by atoms with E-state index in [0.717, 1.165) is 5.56 Å². The van der Waals surface area contributed by atoms with Crippen LogP contribution >= 0.6 is 0 Å². The van der Waals surface area contributed by atoms with Gasteiger partial charge < -0.3 is 30.3 Å². The van der Waals surface area contributed by atoms with Gasteiger partial charge in [-0.2, -0.15) is 5.10 Å². The van der Waals surface area contributed by atoms with Crippen molar-refractivity contribution in [2.75, 3.05) is 19.5 Å². The molecule has 0 fully saturated rings. The number of aromatic nitrogens is 3. The number of aliphatic carboxylic acids is 2. The lowest BCUT2D eigenvalue weighted by atomic mass is 10.1. The van der Waals surface area contributed by atoms with E-state index in [1.54, 1.807) is 31.5 Å². The zero-order valence-corrected chi connectivity index (χ0v) is 20.7. The van der Waals surface area contributed by atoms with Gasteiger partial charge in [-0.15, -0.1) is 0 Å². The van der Waals surface area contributed by atoms with Gasteiger partial charge in [-0.05, 0) is 48.5 Å². The van der Waals surface area contributed by atoms with Crippen molar-refractivity contribution < 1.29 is 38.9 Å². The lowest BCUT2D eigenvalue weighted by Gasteiger charge is -2.12. The van der Waals surface area contributed by atoms with Crippen LogP contribution in [0.5, 0.6) is 11.5 Å². The van der Waals surface area contributed by atoms with Crippen LogP contribution < -0.4 is 20.1 Å². The molecule has 1 atom stereocenters. The molecule has 13 nitrogen and oxygen atoms in total. The van der Waals surface area contributed by atoms with Gasteiger partial charge in [0.1, 0.15) is 6.04 Å². The van der Waals surface area contributed by atoms with Crippen LogP contribution in [-0.2, 0) is 9.59 Å². The van der Waals surface area contributed by atoms with E-state index in [-0.39, 0.29) is 11.3 Å². The summed E-state index contributed by atoms with van der Waals surface area (Å²) in [4.78, 5) is 51.5. The molecule has 0 aliphatic carbocycles. The van der Waals surface area contributed by atoms with Gasteiger partial charge in [0.15, 0.2) is 22.8 Å². The van der Waals surface area contributed by atoms with E-state index in [9.17, 15) is 19.2 Å². The number of anilines is 1. The summed E-state index contributed by atoms with van der Waals surface area (Å²) in [5, 5.41) is 27.2. The third-order valence-electron chi connectivity index (χ3n) is 5.66. The van der Waals surface area contributed by atoms with Crippen LogP contribution in [0.1, 0.15) is 27.3 Å². The molecule has 2 aromatic heterocycles. The first-order valence-electron chi connectivity index (χ1n) is 11.4. The number of nitrogens with zero attached hydrogens (tertiary/aromatic N) is 3. The van der Waals surface area contributed by atoms with Crippen molar-refractivity contribution in [1.29, 1.82) is 0 Å². The first-order chi connectivity index (χ1) is 18.7. The van der Waals surface area contributed by atoms with Crippen LogP contribution in [0.25, 0.3) is 16.9 Å². The van der Waals surface area contributed by atoms with Gasteiger partial charge in [0, 0.05) is 29.1 Å². The molecule has 0 spiro atoms. The number of carboxylic acids is 2. The molecule has 2 aromatic carbocycles. The number of carboxylic acid groups (broad SMARTS) is 2. The summed E-state index contributed by atoms with van der Waals surface area (Å²) in [5.41, 5.74) is 2.39. The van der Waals surface area contributed by atoms with Crippen molar-refractivity contribution in [3.8, 4) is 22.8 Å². The van der Waals surface area contributed by atoms with Crippen molar-refractivity contribution in [3.05, 3.63) is 72.1 Å². The number of methoxy groups -OCH3 is 2. The van der Waals surface area contributed by atoms with Crippen LogP contribution in [0.3, 0.4) is 0 Å². The number of benzene rings is 2. The first kappa shape index (κ1) is 26.6. The maximum Gasteiger partial charge on any atom is 0.326 e. The first-order valence-corrected chi connectivity index (χ1v) is 11.4. The van der Waals surface area contributed by atoms with Crippen LogP contribution in [0.4, 0.5) is 5.69 Å². The SMILES string of the molecule is COc1ccc(-c2ccnc3cc(C(=O)Nc4ccc(C(=O)N[C@@H](CC(=O)O)C(=O)O)cc4)nn23)cc1OC. The number of carbonyl (C=O) groups excluding carboxylic acids is 2. The normalized spacial score (nSPS) is 11.4. The third kappa shape index (κ3) is 5.93.